The fourth-order valence-electron chi connectivity index (χ4n) is 2.87. The van der Waals surface area contributed by atoms with Crippen molar-refractivity contribution in [2.75, 3.05) is 40.4 Å². The Labute approximate surface area is 149 Å². The minimum atomic E-state index is -1.13. The van der Waals surface area contributed by atoms with Gasteiger partial charge in [0.1, 0.15) is 11.7 Å². The highest BCUT2D eigenvalue weighted by molar-refractivity contribution is 6.38. The van der Waals surface area contributed by atoms with Gasteiger partial charge in [-0.3, -0.25) is 19.2 Å². The predicted octanol–water partition coefficient (Wildman–Crippen LogP) is 0.680. The lowest BCUT2D eigenvalue weighted by molar-refractivity contribution is -0.153. The summed E-state index contributed by atoms with van der Waals surface area (Å²) in [6.45, 7) is 6.74. The van der Waals surface area contributed by atoms with Gasteiger partial charge in [-0.05, 0) is 12.8 Å². The van der Waals surface area contributed by atoms with Crippen molar-refractivity contribution in [3.8, 4) is 0 Å². The van der Waals surface area contributed by atoms with Crippen molar-refractivity contribution >= 4 is 23.4 Å². The molecule has 25 heavy (non-hydrogen) atoms. The van der Waals surface area contributed by atoms with Crippen LogP contribution in [0.4, 0.5) is 0 Å². The standard InChI is InChI=1S/C18H28N2O5/c1-5-7-8-14(21)15(17(23)19(3)4)13(6-2)16(22)18(24)20-9-11-25-12-10-20/h5,13,15H,1,6-12H2,2-4H3/t13-,15-/m1/s1. The number of carbonyl (C=O) groups is 4. The summed E-state index contributed by atoms with van der Waals surface area (Å²) >= 11 is 0. The average molecular weight is 352 g/mol. The third kappa shape index (κ3) is 5.49. The van der Waals surface area contributed by atoms with E-state index in [4.69, 9.17) is 4.74 Å². The van der Waals surface area contributed by atoms with E-state index in [9.17, 15) is 19.2 Å². The summed E-state index contributed by atoms with van der Waals surface area (Å²) in [5.41, 5.74) is 0. The van der Waals surface area contributed by atoms with E-state index in [1.54, 1.807) is 13.0 Å². The number of morpholine rings is 1. The lowest BCUT2D eigenvalue weighted by Crippen LogP contribution is -2.49. The molecule has 0 aromatic heterocycles. The van der Waals surface area contributed by atoms with Gasteiger partial charge < -0.3 is 14.5 Å². The van der Waals surface area contributed by atoms with Crippen LogP contribution in [0.25, 0.3) is 0 Å². The molecule has 7 nitrogen and oxygen atoms in total. The SMILES string of the molecule is C=CCCC(=O)[C@H](C(=O)N(C)C)[C@@H](CC)C(=O)C(=O)N1CCOCC1. The number of hydrogen-bond acceptors (Lipinski definition) is 5. The van der Waals surface area contributed by atoms with Crippen LogP contribution in [0, 0.1) is 11.8 Å². The minimum absolute atomic E-state index is 0.128. The molecule has 0 radical (unpaired) electrons. The number of Topliss-reactive ketones (excluding diaryl/α,β-unsaturated/α-hetero) is 2. The maximum absolute atomic E-state index is 12.7. The summed E-state index contributed by atoms with van der Waals surface area (Å²) in [5, 5.41) is 0. The van der Waals surface area contributed by atoms with Crippen molar-refractivity contribution in [2.24, 2.45) is 11.8 Å². The third-order valence-corrected chi connectivity index (χ3v) is 4.34. The molecule has 1 aliphatic rings. The highest BCUT2D eigenvalue weighted by atomic mass is 16.5. The van der Waals surface area contributed by atoms with Crippen LogP contribution >= 0.6 is 0 Å². The summed E-state index contributed by atoms with van der Waals surface area (Å²) < 4.78 is 5.19. The van der Waals surface area contributed by atoms with E-state index in [0.29, 0.717) is 32.7 Å². The van der Waals surface area contributed by atoms with E-state index in [1.807, 2.05) is 0 Å². The number of nitrogens with zero attached hydrogens (tertiary/aromatic N) is 2. The molecule has 0 spiro atoms. The minimum Gasteiger partial charge on any atom is -0.378 e. The van der Waals surface area contributed by atoms with Crippen LogP contribution < -0.4 is 0 Å². The number of rotatable bonds is 9. The second kappa shape index (κ2) is 10.1. The largest absolute Gasteiger partial charge is 0.378 e. The highest BCUT2D eigenvalue weighted by Gasteiger charge is 2.41. The fourth-order valence-corrected chi connectivity index (χ4v) is 2.87. The number of ether oxygens (including phenoxy) is 1. The third-order valence-electron chi connectivity index (χ3n) is 4.34. The van der Waals surface area contributed by atoms with Crippen molar-refractivity contribution < 1.29 is 23.9 Å². The predicted molar refractivity (Wildman–Crippen MR) is 92.8 cm³/mol. The number of allylic oxidation sites excluding steroid dienone is 1. The van der Waals surface area contributed by atoms with Gasteiger partial charge in [-0.1, -0.05) is 13.0 Å². The van der Waals surface area contributed by atoms with Gasteiger partial charge >= 0.3 is 0 Å². The molecule has 7 heteroatoms. The first kappa shape index (κ1) is 21.0. The first-order valence-electron chi connectivity index (χ1n) is 8.60. The quantitative estimate of drug-likeness (QED) is 0.346. The van der Waals surface area contributed by atoms with Gasteiger partial charge in [0.25, 0.3) is 5.91 Å². The van der Waals surface area contributed by atoms with Crippen LogP contribution in [-0.4, -0.2) is 73.6 Å². The van der Waals surface area contributed by atoms with Crippen LogP contribution in [0.2, 0.25) is 0 Å². The number of carbonyl (C=O) groups excluding carboxylic acids is 4. The fraction of sp³-hybridized carbons (Fsp3) is 0.667. The Morgan fingerprint density at radius 2 is 1.80 bits per heavy atom. The lowest BCUT2D eigenvalue weighted by atomic mass is 9.80. The molecule has 0 aromatic rings. The smallest absolute Gasteiger partial charge is 0.290 e. The van der Waals surface area contributed by atoms with E-state index in [-0.39, 0.29) is 18.6 Å². The monoisotopic (exact) mass is 352 g/mol. The average Bonchev–Trinajstić information content (AvgIpc) is 2.62. The normalized spacial score (nSPS) is 16.7. The maximum Gasteiger partial charge on any atom is 0.290 e. The van der Waals surface area contributed by atoms with Gasteiger partial charge in [0.05, 0.1) is 13.2 Å². The van der Waals surface area contributed by atoms with Gasteiger partial charge in [-0.15, -0.1) is 6.58 Å². The number of amides is 2. The van der Waals surface area contributed by atoms with E-state index in [0.717, 1.165) is 0 Å². The zero-order valence-corrected chi connectivity index (χ0v) is 15.3. The zero-order chi connectivity index (χ0) is 19.0. The van der Waals surface area contributed by atoms with Gasteiger partial charge in [0.15, 0.2) is 0 Å². The highest BCUT2D eigenvalue weighted by Crippen LogP contribution is 2.23. The molecule has 1 rings (SSSR count). The molecule has 0 unspecified atom stereocenters. The van der Waals surface area contributed by atoms with Gasteiger partial charge in [-0.2, -0.15) is 0 Å². The molecular formula is C18H28N2O5. The Kier molecular flexibility index (Phi) is 8.48. The molecule has 1 saturated heterocycles. The van der Waals surface area contributed by atoms with Gasteiger partial charge in [-0.25, -0.2) is 0 Å². The summed E-state index contributed by atoms with van der Waals surface area (Å²) in [4.78, 5) is 53.1. The molecule has 0 aliphatic carbocycles. The Morgan fingerprint density at radius 3 is 2.28 bits per heavy atom. The number of ketones is 2. The Bertz CT molecular complexity index is 524. The first-order chi connectivity index (χ1) is 11.8. The molecule has 0 N–H and O–H groups in total. The molecule has 1 heterocycles. The summed E-state index contributed by atoms with van der Waals surface area (Å²) in [7, 11) is 3.08. The van der Waals surface area contributed by atoms with E-state index in [2.05, 4.69) is 6.58 Å². The van der Waals surface area contributed by atoms with Crippen molar-refractivity contribution in [2.45, 2.75) is 26.2 Å². The first-order valence-corrected chi connectivity index (χ1v) is 8.60. The topological polar surface area (TPSA) is 84.0 Å². The van der Waals surface area contributed by atoms with Gasteiger partial charge in [0, 0.05) is 39.5 Å². The second-order valence-corrected chi connectivity index (χ2v) is 6.29. The molecule has 2 atom stereocenters. The zero-order valence-electron chi connectivity index (χ0n) is 15.3. The molecule has 0 aromatic carbocycles. The second-order valence-electron chi connectivity index (χ2n) is 6.29. The molecule has 1 fully saturated rings. The van der Waals surface area contributed by atoms with Crippen molar-refractivity contribution in [3.05, 3.63) is 12.7 Å². The van der Waals surface area contributed by atoms with Gasteiger partial charge in [0.2, 0.25) is 11.7 Å². The van der Waals surface area contributed by atoms with E-state index >= 15 is 0 Å². The molecule has 2 amide bonds. The van der Waals surface area contributed by atoms with Crippen LogP contribution in [0.5, 0.6) is 0 Å². The Morgan fingerprint density at radius 1 is 1.20 bits per heavy atom. The van der Waals surface area contributed by atoms with Crippen LogP contribution in [0.1, 0.15) is 26.2 Å². The van der Waals surface area contributed by atoms with E-state index < -0.39 is 29.4 Å². The maximum atomic E-state index is 12.7. The van der Waals surface area contributed by atoms with Crippen LogP contribution in [-0.2, 0) is 23.9 Å². The van der Waals surface area contributed by atoms with Crippen molar-refractivity contribution in [1.29, 1.82) is 0 Å². The number of hydrogen-bond donors (Lipinski definition) is 0. The Hall–Kier alpha value is -2.02. The lowest BCUT2D eigenvalue weighted by Gasteiger charge is -2.30. The van der Waals surface area contributed by atoms with Crippen LogP contribution in [0.3, 0.4) is 0 Å². The van der Waals surface area contributed by atoms with Crippen LogP contribution in [0.15, 0.2) is 12.7 Å². The van der Waals surface area contributed by atoms with Crippen molar-refractivity contribution in [1.82, 2.24) is 9.80 Å². The summed E-state index contributed by atoms with van der Waals surface area (Å²) in [6, 6.07) is 0. The van der Waals surface area contributed by atoms with Crippen molar-refractivity contribution in [3.63, 3.8) is 0 Å². The summed E-state index contributed by atoms with van der Waals surface area (Å²) in [5.74, 6) is -4.14. The molecule has 140 valence electrons. The molecule has 0 bridgehead atoms. The molecule has 1 aliphatic heterocycles. The van der Waals surface area contributed by atoms with E-state index in [1.165, 1.54) is 23.9 Å². The molecular weight excluding hydrogens is 324 g/mol. The Balaban J connectivity index is 3.03. The molecule has 0 saturated carbocycles. The summed E-state index contributed by atoms with van der Waals surface area (Å²) in [6.07, 6.45) is 2.40.